The Morgan fingerprint density at radius 1 is 1.07 bits per heavy atom. The van der Waals surface area contributed by atoms with Crippen molar-refractivity contribution in [3.63, 3.8) is 0 Å². The summed E-state index contributed by atoms with van der Waals surface area (Å²) in [6, 6.07) is 8.25. The molecule has 0 aromatic heterocycles. The number of ether oxygens (including phenoxy) is 1. The highest BCUT2D eigenvalue weighted by atomic mass is 32.2. The van der Waals surface area contributed by atoms with Crippen LogP contribution >= 0.6 is 11.8 Å². The van der Waals surface area contributed by atoms with E-state index in [-0.39, 0.29) is 23.8 Å². The number of rotatable bonds is 4. The van der Waals surface area contributed by atoms with Gasteiger partial charge in [-0.15, -0.1) is 11.8 Å². The number of hydrogen-bond donors (Lipinski definition) is 0. The predicted octanol–water partition coefficient (Wildman–Crippen LogP) is 5.47. The van der Waals surface area contributed by atoms with Crippen LogP contribution in [0.4, 0.5) is 0 Å². The van der Waals surface area contributed by atoms with Gasteiger partial charge in [0, 0.05) is 34.2 Å². The Balaban J connectivity index is 1.71. The van der Waals surface area contributed by atoms with E-state index in [9.17, 15) is 9.59 Å². The summed E-state index contributed by atoms with van der Waals surface area (Å²) < 4.78 is 5.96. The molecule has 4 rings (SSSR count). The van der Waals surface area contributed by atoms with E-state index in [4.69, 9.17) is 9.73 Å². The van der Waals surface area contributed by atoms with E-state index in [0.29, 0.717) is 6.42 Å². The number of benzene rings is 1. The van der Waals surface area contributed by atoms with Crippen molar-refractivity contribution in [1.29, 1.82) is 0 Å². The highest BCUT2D eigenvalue weighted by Gasteiger charge is 2.43. The van der Waals surface area contributed by atoms with Crippen molar-refractivity contribution in [3.05, 3.63) is 41.1 Å². The minimum Gasteiger partial charge on any atom is -0.462 e. The Bertz CT molecular complexity index is 849. The van der Waals surface area contributed by atoms with Gasteiger partial charge in [0.05, 0.1) is 0 Å². The van der Waals surface area contributed by atoms with Gasteiger partial charge in [0.1, 0.15) is 12.0 Å². The minimum atomic E-state index is -0.516. The molecule has 154 valence electrons. The largest absolute Gasteiger partial charge is 0.462 e. The summed E-state index contributed by atoms with van der Waals surface area (Å²) in [6.07, 6.45) is 9.55. The zero-order valence-electron chi connectivity index (χ0n) is 17.3. The van der Waals surface area contributed by atoms with Crippen LogP contribution in [0.15, 0.2) is 45.4 Å². The first-order valence-corrected chi connectivity index (χ1v) is 12.0. The Morgan fingerprint density at radius 3 is 2.48 bits per heavy atom. The highest BCUT2D eigenvalue weighted by Crippen LogP contribution is 2.44. The van der Waals surface area contributed by atoms with Crippen LogP contribution in [0, 0.1) is 5.92 Å². The van der Waals surface area contributed by atoms with E-state index in [1.807, 2.05) is 13.2 Å². The number of thioether (sulfide) groups is 1. The third kappa shape index (κ3) is 4.20. The molecule has 0 spiro atoms. The summed E-state index contributed by atoms with van der Waals surface area (Å²) in [4.78, 5) is 32.1. The van der Waals surface area contributed by atoms with Crippen molar-refractivity contribution in [2.45, 2.75) is 75.2 Å². The van der Waals surface area contributed by atoms with Gasteiger partial charge in [0.15, 0.2) is 5.78 Å². The third-order valence-electron chi connectivity index (χ3n) is 6.40. The number of carbonyl (C=O) groups excluding carboxylic acids is 2. The third-order valence-corrected chi connectivity index (χ3v) is 7.14. The van der Waals surface area contributed by atoms with E-state index < -0.39 is 5.92 Å². The normalized spacial score (nSPS) is 25.4. The summed E-state index contributed by atoms with van der Waals surface area (Å²) in [5.74, 6) is -0.890. The van der Waals surface area contributed by atoms with Crippen molar-refractivity contribution in [3.8, 4) is 0 Å². The molecule has 29 heavy (non-hydrogen) atoms. The highest BCUT2D eigenvalue weighted by molar-refractivity contribution is 7.98. The molecule has 2 aliphatic carbocycles. The van der Waals surface area contributed by atoms with Gasteiger partial charge < -0.3 is 4.74 Å². The number of esters is 1. The van der Waals surface area contributed by atoms with Gasteiger partial charge in [-0.05, 0) is 69.4 Å². The van der Waals surface area contributed by atoms with E-state index >= 15 is 0 Å². The van der Waals surface area contributed by atoms with Gasteiger partial charge in [-0.2, -0.15) is 0 Å². The predicted molar refractivity (Wildman–Crippen MR) is 116 cm³/mol. The van der Waals surface area contributed by atoms with Crippen molar-refractivity contribution >= 4 is 29.2 Å². The maximum Gasteiger partial charge on any atom is 0.315 e. The van der Waals surface area contributed by atoms with Crippen LogP contribution in [0.3, 0.4) is 0 Å². The van der Waals surface area contributed by atoms with Crippen LogP contribution in [0.1, 0.15) is 69.8 Å². The monoisotopic (exact) mass is 411 g/mol. The molecule has 5 heteroatoms. The number of ketones is 1. The first-order valence-electron chi connectivity index (χ1n) is 10.7. The Kier molecular flexibility index (Phi) is 6.23. The zero-order chi connectivity index (χ0) is 20.4. The van der Waals surface area contributed by atoms with Crippen molar-refractivity contribution in [2.75, 3.05) is 6.26 Å². The molecule has 0 radical (unpaired) electrons. The summed E-state index contributed by atoms with van der Waals surface area (Å²) in [6.45, 7) is 1.92. The van der Waals surface area contributed by atoms with Gasteiger partial charge in [-0.3, -0.25) is 14.6 Å². The smallest absolute Gasteiger partial charge is 0.315 e. The van der Waals surface area contributed by atoms with Crippen LogP contribution < -0.4 is 0 Å². The maximum atomic E-state index is 13.3. The van der Waals surface area contributed by atoms with Crippen LogP contribution in [0.5, 0.6) is 0 Å². The summed E-state index contributed by atoms with van der Waals surface area (Å²) in [5, 5.41) is 0. The first-order chi connectivity index (χ1) is 14.1. The number of hydrogen-bond acceptors (Lipinski definition) is 5. The second-order valence-corrected chi connectivity index (χ2v) is 9.20. The molecule has 1 aromatic rings. The topological polar surface area (TPSA) is 55.7 Å². The van der Waals surface area contributed by atoms with Gasteiger partial charge in [0.2, 0.25) is 0 Å². The van der Waals surface area contributed by atoms with Gasteiger partial charge in [0.25, 0.3) is 0 Å². The number of allylic oxidation sites excluding steroid dienone is 2. The van der Waals surface area contributed by atoms with Crippen LogP contribution in [-0.2, 0) is 14.3 Å². The number of Topliss-reactive ketones (excluding diaryl/α,β-unsaturated/α-hetero) is 1. The van der Waals surface area contributed by atoms with E-state index in [1.54, 1.807) is 11.8 Å². The fraction of sp³-hybridized carbons (Fsp3) is 0.542. The molecular weight excluding hydrogens is 382 g/mol. The molecule has 1 aliphatic heterocycles. The quantitative estimate of drug-likeness (QED) is 0.487. The Hall–Kier alpha value is -1.88. The molecule has 2 atom stereocenters. The number of nitrogens with zero attached hydrogens (tertiary/aromatic N) is 1. The fourth-order valence-electron chi connectivity index (χ4n) is 4.90. The SMILES string of the molecule is CSc1ccc([C@@H]2C3=C(CCCC3=O)N=C(C)C2C(=O)OC2CCCCC2)cc1. The molecule has 1 heterocycles. The Labute approximate surface area is 177 Å². The second-order valence-electron chi connectivity index (χ2n) is 8.32. The number of carbonyl (C=O) groups is 2. The molecule has 1 saturated carbocycles. The van der Waals surface area contributed by atoms with Crippen molar-refractivity contribution in [2.24, 2.45) is 10.9 Å². The lowest BCUT2D eigenvalue weighted by Crippen LogP contribution is -2.38. The Morgan fingerprint density at radius 2 is 1.79 bits per heavy atom. The van der Waals surface area contributed by atoms with Gasteiger partial charge >= 0.3 is 5.97 Å². The molecule has 1 unspecified atom stereocenters. The molecule has 0 N–H and O–H groups in total. The summed E-state index contributed by atoms with van der Waals surface area (Å²) in [7, 11) is 0. The molecule has 0 amide bonds. The molecule has 1 fully saturated rings. The lowest BCUT2D eigenvalue weighted by atomic mass is 9.72. The summed E-state index contributed by atoms with van der Waals surface area (Å²) in [5.41, 5.74) is 3.40. The summed E-state index contributed by atoms with van der Waals surface area (Å²) >= 11 is 1.68. The standard InChI is InChI=1S/C24H29NO3S/c1-15-21(24(27)28-17-7-4-3-5-8-17)22(16-11-13-18(29-2)14-12-16)23-19(25-15)9-6-10-20(23)26/h11-14,17,21-22H,3-10H2,1-2H3/t21?,22-/m0/s1. The molecule has 0 bridgehead atoms. The second kappa shape index (κ2) is 8.86. The van der Waals surface area contributed by atoms with Crippen LogP contribution in [-0.4, -0.2) is 29.8 Å². The average molecular weight is 412 g/mol. The minimum absolute atomic E-state index is 0.000927. The maximum absolute atomic E-state index is 13.3. The van der Waals surface area contributed by atoms with Gasteiger partial charge in [-0.25, -0.2) is 0 Å². The molecule has 3 aliphatic rings. The molecule has 1 aromatic carbocycles. The van der Waals surface area contributed by atoms with Crippen molar-refractivity contribution in [1.82, 2.24) is 0 Å². The molecular formula is C24H29NO3S. The molecule has 0 saturated heterocycles. The van der Waals surface area contributed by atoms with E-state index in [0.717, 1.165) is 61.1 Å². The van der Waals surface area contributed by atoms with E-state index in [2.05, 4.69) is 24.3 Å². The lowest BCUT2D eigenvalue weighted by Gasteiger charge is -2.35. The van der Waals surface area contributed by atoms with Gasteiger partial charge in [-0.1, -0.05) is 18.6 Å². The average Bonchev–Trinajstić information content (AvgIpc) is 2.73. The first kappa shape index (κ1) is 20.4. The van der Waals surface area contributed by atoms with E-state index in [1.165, 1.54) is 11.3 Å². The number of aliphatic imine (C=N–C) groups is 1. The van der Waals surface area contributed by atoms with Crippen molar-refractivity contribution < 1.29 is 14.3 Å². The fourth-order valence-corrected chi connectivity index (χ4v) is 5.31. The lowest BCUT2D eigenvalue weighted by molar-refractivity contribution is -0.153. The van der Waals surface area contributed by atoms with Crippen LogP contribution in [0.2, 0.25) is 0 Å². The van der Waals surface area contributed by atoms with Crippen LogP contribution in [0.25, 0.3) is 0 Å². The zero-order valence-corrected chi connectivity index (χ0v) is 18.1. The molecule has 4 nitrogen and oxygen atoms in total.